The second kappa shape index (κ2) is 8.19. The van der Waals surface area contributed by atoms with Crippen LogP contribution in [0.4, 0.5) is 10.5 Å². The fraction of sp³-hybridized carbons (Fsp3) is 0.292. The third-order valence-electron chi connectivity index (χ3n) is 5.68. The summed E-state index contributed by atoms with van der Waals surface area (Å²) in [5.74, 6) is 1.51. The molecular formula is C24H22ClN3O3. The van der Waals surface area contributed by atoms with Gasteiger partial charge in [-0.1, -0.05) is 48.0 Å². The van der Waals surface area contributed by atoms with Gasteiger partial charge in [0.05, 0.1) is 5.69 Å². The maximum atomic E-state index is 13.1. The molecule has 0 atom stereocenters. The van der Waals surface area contributed by atoms with Crippen molar-refractivity contribution in [3.8, 4) is 17.4 Å². The van der Waals surface area contributed by atoms with E-state index >= 15 is 0 Å². The van der Waals surface area contributed by atoms with Gasteiger partial charge in [-0.3, -0.25) is 4.90 Å². The number of aryl methyl sites for hydroxylation is 2. The van der Waals surface area contributed by atoms with E-state index < -0.39 is 6.09 Å². The Morgan fingerprint density at radius 3 is 2.81 bits per heavy atom. The minimum absolute atomic E-state index is 0.124. The Morgan fingerprint density at radius 1 is 1.13 bits per heavy atom. The summed E-state index contributed by atoms with van der Waals surface area (Å²) in [5, 5.41) is 8.10. The fourth-order valence-corrected chi connectivity index (χ4v) is 4.12. The minimum atomic E-state index is -0.492. The molecule has 158 valence electrons. The number of para-hydroxylation sites is 2. The Hall–Kier alpha value is -3.12. The molecule has 1 aromatic heterocycles. The molecule has 2 aromatic carbocycles. The first-order chi connectivity index (χ1) is 15.1. The van der Waals surface area contributed by atoms with Crippen molar-refractivity contribution in [3.63, 3.8) is 0 Å². The number of hydrogen-bond donors (Lipinski definition) is 0. The molecule has 5 rings (SSSR count). The number of halogens is 1. The van der Waals surface area contributed by atoms with Gasteiger partial charge in [-0.05, 0) is 61.3 Å². The summed E-state index contributed by atoms with van der Waals surface area (Å²) in [7, 11) is 0. The van der Waals surface area contributed by atoms with Crippen LogP contribution in [0.25, 0.3) is 0 Å². The lowest BCUT2D eigenvalue weighted by Crippen LogP contribution is -2.37. The number of anilines is 1. The number of rotatable bonds is 4. The van der Waals surface area contributed by atoms with Crippen LogP contribution in [-0.2, 0) is 6.42 Å². The zero-order valence-electron chi connectivity index (χ0n) is 17.2. The van der Waals surface area contributed by atoms with Crippen LogP contribution >= 0.6 is 11.6 Å². The van der Waals surface area contributed by atoms with Crippen molar-refractivity contribution in [2.45, 2.75) is 38.5 Å². The molecule has 1 aliphatic carbocycles. The molecule has 1 fully saturated rings. The van der Waals surface area contributed by atoms with Crippen LogP contribution in [0.5, 0.6) is 17.4 Å². The van der Waals surface area contributed by atoms with Crippen molar-refractivity contribution in [1.29, 1.82) is 0 Å². The number of hydrogen-bond acceptors (Lipinski definition) is 5. The van der Waals surface area contributed by atoms with Crippen molar-refractivity contribution in [3.05, 3.63) is 70.4 Å². The lowest BCUT2D eigenvalue weighted by atomic mass is 10.0. The van der Waals surface area contributed by atoms with Crippen LogP contribution in [0.2, 0.25) is 5.15 Å². The Labute approximate surface area is 185 Å². The molecule has 0 N–H and O–H groups in total. The second-order valence-electron chi connectivity index (χ2n) is 7.96. The average molecular weight is 436 g/mol. The first kappa shape index (κ1) is 19.8. The highest BCUT2D eigenvalue weighted by Crippen LogP contribution is 2.47. The highest BCUT2D eigenvalue weighted by Gasteiger charge is 2.29. The largest absolute Gasteiger partial charge is 0.434 e. The minimum Gasteiger partial charge on any atom is -0.434 e. The Balaban J connectivity index is 1.44. The molecule has 0 radical (unpaired) electrons. The van der Waals surface area contributed by atoms with Crippen molar-refractivity contribution in [2.24, 2.45) is 0 Å². The van der Waals surface area contributed by atoms with E-state index in [0.29, 0.717) is 12.5 Å². The topological polar surface area (TPSA) is 64.6 Å². The molecule has 0 spiro atoms. The quantitative estimate of drug-likeness (QED) is 0.498. The van der Waals surface area contributed by atoms with Crippen molar-refractivity contribution < 1.29 is 14.3 Å². The van der Waals surface area contributed by atoms with Gasteiger partial charge >= 0.3 is 6.09 Å². The van der Waals surface area contributed by atoms with Crippen LogP contribution in [-0.4, -0.2) is 22.8 Å². The molecule has 3 aromatic rings. The molecule has 1 aliphatic heterocycles. The summed E-state index contributed by atoms with van der Waals surface area (Å²) < 4.78 is 11.9. The molecular weight excluding hydrogens is 414 g/mol. The van der Waals surface area contributed by atoms with Crippen LogP contribution in [0.3, 0.4) is 0 Å². The second-order valence-corrected chi connectivity index (χ2v) is 8.35. The number of aromatic nitrogens is 2. The van der Waals surface area contributed by atoms with E-state index in [4.69, 9.17) is 21.1 Å². The van der Waals surface area contributed by atoms with Crippen LogP contribution in [0, 0.1) is 6.92 Å². The van der Waals surface area contributed by atoms with Gasteiger partial charge in [-0.25, -0.2) is 4.79 Å². The Kier molecular flexibility index (Phi) is 5.24. The Bertz CT molecular complexity index is 1150. The number of fused-ring (bicyclic) bond motifs is 1. The van der Waals surface area contributed by atoms with Gasteiger partial charge in [-0.2, -0.15) is 0 Å². The maximum Gasteiger partial charge on any atom is 0.419 e. The summed E-state index contributed by atoms with van der Waals surface area (Å²) in [6.45, 7) is 2.57. The zero-order chi connectivity index (χ0) is 21.4. The monoisotopic (exact) mass is 435 g/mol. The molecule has 2 heterocycles. The molecule has 7 heteroatoms. The first-order valence-electron chi connectivity index (χ1n) is 10.5. The predicted molar refractivity (Wildman–Crippen MR) is 118 cm³/mol. The third kappa shape index (κ3) is 4.08. The van der Waals surface area contributed by atoms with Gasteiger partial charge in [0.2, 0.25) is 0 Å². The number of ether oxygens (including phenoxy) is 2. The summed E-state index contributed by atoms with van der Waals surface area (Å²) in [6.07, 6.45) is 3.60. The summed E-state index contributed by atoms with van der Waals surface area (Å²) in [4.78, 5) is 14.7. The molecule has 6 nitrogen and oxygen atoms in total. The zero-order valence-corrected chi connectivity index (χ0v) is 17.9. The number of carbonyl (C=O) groups is 1. The maximum absolute atomic E-state index is 13.1. The van der Waals surface area contributed by atoms with Gasteiger partial charge in [0.1, 0.15) is 5.75 Å². The van der Waals surface area contributed by atoms with E-state index in [9.17, 15) is 4.79 Å². The number of amides is 1. The standard InChI is InChI=1S/C24H22ClN3O3/c1-15-6-4-9-18(16-11-12-16)22(15)31-23-20(14-21(25)26-27-23)30-24(29)28-13-5-8-17-7-2-3-10-19(17)28/h2-4,6-7,9-10,14,16H,5,8,11-13H2,1H3. The number of nitrogens with zero attached hydrogens (tertiary/aromatic N) is 3. The van der Waals surface area contributed by atoms with E-state index in [1.165, 1.54) is 6.07 Å². The normalized spacial score (nSPS) is 15.4. The SMILES string of the molecule is Cc1cccc(C2CC2)c1Oc1nnc(Cl)cc1OC(=O)N1CCCc2ccccc21. The summed E-state index contributed by atoms with van der Waals surface area (Å²) >= 11 is 6.06. The predicted octanol–water partition coefficient (Wildman–Crippen LogP) is 6.06. The molecule has 2 aliphatic rings. The van der Waals surface area contributed by atoms with Crippen molar-refractivity contribution >= 4 is 23.4 Å². The van der Waals surface area contributed by atoms with E-state index in [1.54, 1.807) is 4.90 Å². The van der Waals surface area contributed by atoms with Gasteiger partial charge in [0.25, 0.3) is 5.88 Å². The lowest BCUT2D eigenvalue weighted by Gasteiger charge is -2.28. The third-order valence-corrected chi connectivity index (χ3v) is 5.87. The van der Waals surface area contributed by atoms with Gasteiger partial charge in [0.15, 0.2) is 10.9 Å². The van der Waals surface area contributed by atoms with Crippen LogP contribution in [0.15, 0.2) is 48.5 Å². The molecule has 31 heavy (non-hydrogen) atoms. The highest BCUT2D eigenvalue weighted by atomic mass is 35.5. The molecule has 0 saturated heterocycles. The highest BCUT2D eigenvalue weighted by molar-refractivity contribution is 6.29. The lowest BCUT2D eigenvalue weighted by molar-refractivity contribution is 0.204. The Morgan fingerprint density at radius 2 is 1.97 bits per heavy atom. The first-order valence-corrected chi connectivity index (χ1v) is 10.9. The smallest absolute Gasteiger partial charge is 0.419 e. The van der Waals surface area contributed by atoms with E-state index in [0.717, 1.165) is 53.8 Å². The van der Waals surface area contributed by atoms with Gasteiger partial charge < -0.3 is 9.47 Å². The molecule has 0 unspecified atom stereocenters. The summed E-state index contributed by atoms with van der Waals surface area (Å²) in [6, 6.07) is 15.4. The van der Waals surface area contributed by atoms with Crippen molar-refractivity contribution in [2.75, 3.05) is 11.4 Å². The fourth-order valence-electron chi connectivity index (χ4n) is 3.98. The van der Waals surface area contributed by atoms with E-state index in [2.05, 4.69) is 16.3 Å². The van der Waals surface area contributed by atoms with Crippen LogP contribution < -0.4 is 14.4 Å². The van der Waals surface area contributed by atoms with E-state index in [-0.39, 0.29) is 16.8 Å². The average Bonchev–Trinajstić information content (AvgIpc) is 3.61. The van der Waals surface area contributed by atoms with E-state index in [1.807, 2.05) is 43.3 Å². The van der Waals surface area contributed by atoms with Crippen LogP contribution in [0.1, 0.15) is 41.9 Å². The number of benzene rings is 2. The molecule has 1 saturated carbocycles. The molecule has 0 bridgehead atoms. The van der Waals surface area contributed by atoms with Crippen molar-refractivity contribution in [1.82, 2.24) is 10.2 Å². The van der Waals surface area contributed by atoms with Gasteiger partial charge in [-0.15, -0.1) is 10.2 Å². The van der Waals surface area contributed by atoms with Gasteiger partial charge in [0, 0.05) is 12.6 Å². The summed E-state index contributed by atoms with van der Waals surface area (Å²) in [5.41, 5.74) is 4.12. The number of carbonyl (C=O) groups excluding carboxylic acids is 1. The molecule has 1 amide bonds.